The molecule has 0 unspecified atom stereocenters. The highest BCUT2D eigenvalue weighted by atomic mass is 16.2. The predicted octanol–water partition coefficient (Wildman–Crippen LogP) is 3.05. The first kappa shape index (κ1) is 12.2. The summed E-state index contributed by atoms with van der Waals surface area (Å²) in [7, 11) is 0. The van der Waals surface area contributed by atoms with Crippen LogP contribution < -0.4 is 9.80 Å². The Labute approximate surface area is 105 Å². The molecule has 1 aromatic carbocycles. The number of anilines is 2. The molecule has 1 aromatic rings. The number of amides is 4. The van der Waals surface area contributed by atoms with Crippen LogP contribution in [0.4, 0.5) is 21.0 Å². The van der Waals surface area contributed by atoms with Crippen molar-refractivity contribution in [3.8, 4) is 0 Å². The average molecular weight is 246 g/mol. The van der Waals surface area contributed by atoms with E-state index >= 15 is 0 Å². The number of carbonyl (C=O) groups excluding carboxylic acids is 2. The molecule has 0 fully saturated rings. The van der Waals surface area contributed by atoms with Crippen molar-refractivity contribution in [1.82, 2.24) is 0 Å². The van der Waals surface area contributed by atoms with Crippen LogP contribution in [0.1, 0.15) is 13.8 Å². The van der Waals surface area contributed by atoms with Crippen LogP contribution in [0, 0.1) is 0 Å². The summed E-state index contributed by atoms with van der Waals surface area (Å²) in [6.45, 7) is 5.95. The Morgan fingerprint density at radius 1 is 1.00 bits per heavy atom. The van der Waals surface area contributed by atoms with Gasteiger partial charge in [0.15, 0.2) is 0 Å². The Morgan fingerprint density at radius 2 is 1.50 bits per heavy atom. The third kappa shape index (κ3) is 2.09. The van der Waals surface area contributed by atoms with Gasteiger partial charge in [-0.05, 0) is 38.1 Å². The maximum atomic E-state index is 11.4. The smallest absolute Gasteiger partial charge is 0.372 e. The molecule has 0 atom stereocenters. The van der Waals surface area contributed by atoms with Crippen molar-refractivity contribution in [2.75, 3.05) is 22.9 Å². The molecule has 6 nitrogen and oxygen atoms in total. The first-order valence-corrected chi connectivity index (χ1v) is 5.82. The van der Waals surface area contributed by atoms with Gasteiger partial charge in [-0.2, -0.15) is 0 Å². The summed E-state index contributed by atoms with van der Waals surface area (Å²) in [6, 6.07) is 5.91. The van der Waals surface area contributed by atoms with Crippen LogP contribution in [0.3, 0.4) is 0 Å². The highest BCUT2D eigenvalue weighted by Crippen LogP contribution is 2.24. The van der Waals surface area contributed by atoms with E-state index in [0.29, 0.717) is 5.69 Å². The van der Waals surface area contributed by atoms with E-state index < -0.39 is 12.1 Å². The van der Waals surface area contributed by atoms with Crippen molar-refractivity contribution in [2.24, 2.45) is 10.2 Å². The molecule has 18 heavy (non-hydrogen) atoms. The van der Waals surface area contributed by atoms with Crippen LogP contribution in [0.2, 0.25) is 0 Å². The Morgan fingerprint density at radius 3 is 1.94 bits per heavy atom. The number of rotatable bonds is 4. The molecule has 0 radical (unpaired) electrons. The topological polar surface area (TPSA) is 65.3 Å². The summed E-state index contributed by atoms with van der Waals surface area (Å²) in [5, 5.41) is 6.43. The first-order valence-electron chi connectivity index (χ1n) is 5.82. The zero-order chi connectivity index (χ0) is 13.1. The van der Waals surface area contributed by atoms with Crippen molar-refractivity contribution in [3.05, 3.63) is 24.3 Å². The van der Waals surface area contributed by atoms with E-state index in [1.54, 1.807) is 12.1 Å². The molecule has 0 aliphatic carbocycles. The van der Waals surface area contributed by atoms with Crippen LogP contribution in [0.5, 0.6) is 0 Å². The Balaban J connectivity index is 2.23. The van der Waals surface area contributed by atoms with Gasteiger partial charge in [0.05, 0.1) is 5.69 Å². The maximum absolute atomic E-state index is 11.4. The Hall–Kier alpha value is -2.24. The van der Waals surface area contributed by atoms with Gasteiger partial charge >= 0.3 is 12.1 Å². The maximum Gasteiger partial charge on any atom is 0.375 e. The molecule has 2 rings (SSSR count). The largest absolute Gasteiger partial charge is 0.375 e. The summed E-state index contributed by atoms with van der Waals surface area (Å²) in [5.74, 6) is 0. The van der Waals surface area contributed by atoms with Gasteiger partial charge in [-0.1, -0.05) is 10.2 Å². The lowest BCUT2D eigenvalue weighted by molar-refractivity contribution is 0.249. The average Bonchev–Trinajstić information content (AvgIpc) is 2.72. The molecule has 0 saturated heterocycles. The summed E-state index contributed by atoms with van der Waals surface area (Å²) in [5.41, 5.74) is 1.54. The molecule has 1 aliphatic rings. The van der Waals surface area contributed by atoms with Crippen molar-refractivity contribution in [1.29, 1.82) is 0 Å². The van der Waals surface area contributed by atoms with Crippen LogP contribution in [-0.2, 0) is 0 Å². The molecule has 1 heterocycles. The number of nitrogens with zero attached hydrogens (tertiary/aromatic N) is 4. The second-order valence-corrected chi connectivity index (χ2v) is 3.79. The molecule has 0 spiro atoms. The number of urea groups is 2. The van der Waals surface area contributed by atoms with Crippen molar-refractivity contribution in [3.63, 3.8) is 0 Å². The van der Waals surface area contributed by atoms with Crippen molar-refractivity contribution < 1.29 is 9.59 Å². The van der Waals surface area contributed by atoms with Crippen molar-refractivity contribution in [2.45, 2.75) is 13.8 Å². The molecule has 0 bridgehead atoms. The van der Waals surface area contributed by atoms with E-state index in [1.807, 2.05) is 12.1 Å². The Kier molecular flexibility index (Phi) is 3.36. The highest BCUT2D eigenvalue weighted by Gasteiger charge is 2.28. The van der Waals surface area contributed by atoms with E-state index in [-0.39, 0.29) is 0 Å². The summed E-state index contributed by atoms with van der Waals surface area (Å²) >= 11 is 0. The van der Waals surface area contributed by atoms with Gasteiger partial charge in [-0.3, -0.25) is 0 Å². The molecular formula is C12H14N4O2. The number of benzene rings is 1. The quantitative estimate of drug-likeness (QED) is 0.820. The second-order valence-electron chi connectivity index (χ2n) is 3.79. The summed E-state index contributed by atoms with van der Waals surface area (Å²) < 4.78 is 0. The number of azo groups is 1. The van der Waals surface area contributed by atoms with Gasteiger partial charge < -0.3 is 4.90 Å². The van der Waals surface area contributed by atoms with Crippen LogP contribution in [0.25, 0.3) is 0 Å². The lowest BCUT2D eigenvalue weighted by Gasteiger charge is -2.21. The van der Waals surface area contributed by atoms with Gasteiger partial charge in [0, 0.05) is 18.8 Å². The first-order chi connectivity index (χ1) is 8.67. The summed E-state index contributed by atoms with van der Waals surface area (Å²) in [6.07, 6.45) is 0. The molecule has 6 heteroatoms. The van der Waals surface area contributed by atoms with Crippen LogP contribution in [0.15, 0.2) is 34.5 Å². The van der Waals surface area contributed by atoms with E-state index in [1.165, 1.54) is 0 Å². The van der Waals surface area contributed by atoms with Gasteiger partial charge in [0.25, 0.3) is 0 Å². The second kappa shape index (κ2) is 4.95. The van der Waals surface area contributed by atoms with Crippen LogP contribution in [-0.4, -0.2) is 25.2 Å². The number of imide groups is 1. The number of hydrogen-bond donors (Lipinski definition) is 0. The fourth-order valence-electron chi connectivity index (χ4n) is 1.88. The number of carbonyl (C=O) groups is 2. The zero-order valence-corrected chi connectivity index (χ0v) is 10.3. The predicted molar refractivity (Wildman–Crippen MR) is 68.1 cm³/mol. The molecule has 0 aromatic heterocycles. The standard InChI is InChI=1S/C12H14N4O2/c1-3-15(4-2)9-5-7-10(8-6-9)16-11(17)13-14-12(16)18/h5-8H,3-4H2,1-2H3. The van der Waals surface area contributed by atoms with E-state index in [2.05, 4.69) is 29.0 Å². The lowest BCUT2D eigenvalue weighted by atomic mass is 10.2. The van der Waals surface area contributed by atoms with E-state index in [9.17, 15) is 9.59 Å². The molecule has 4 amide bonds. The van der Waals surface area contributed by atoms with Gasteiger partial charge in [-0.15, -0.1) is 0 Å². The number of hydrogen-bond acceptors (Lipinski definition) is 3. The molecule has 94 valence electrons. The molecule has 1 aliphatic heterocycles. The fraction of sp³-hybridized carbons (Fsp3) is 0.333. The minimum absolute atomic E-state index is 0.492. The fourth-order valence-corrected chi connectivity index (χ4v) is 1.88. The van der Waals surface area contributed by atoms with Gasteiger partial charge in [-0.25, -0.2) is 14.5 Å². The summed E-state index contributed by atoms with van der Waals surface area (Å²) in [4.78, 5) is 25.8. The van der Waals surface area contributed by atoms with Gasteiger partial charge in [0.2, 0.25) is 0 Å². The van der Waals surface area contributed by atoms with Crippen molar-refractivity contribution >= 4 is 23.4 Å². The molecular weight excluding hydrogens is 232 g/mol. The molecule has 0 saturated carbocycles. The third-order valence-corrected chi connectivity index (χ3v) is 2.84. The highest BCUT2D eigenvalue weighted by molar-refractivity contribution is 6.17. The minimum atomic E-state index is -0.643. The monoisotopic (exact) mass is 246 g/mol. The normalized spacial score (nSPS) is 14.4. The molecule has 0 N–H and O–H groups in total. The Bertz CT molecular complexity index is 473. The lowest BCUT2D eigenvalue weighted by Crippen LogP contribution is -2.27. The van der Waals surface area contributed by atoms with Gasteiger partial charge in [0.1, 0.15) is 0 Å². The van der Waals surface area contributed by atoms with E-state index in [0.717, 1.165) is 23.7 Å². The zero-order valence-electron chi connectivity index (χ0n) is 10.3. The minimum Gasteiger partial charge on any atom is -0.372 e. The SMILES string of the molecule is CCN(CC)c1ccc(N2C(=O)N=NC2=O)cc1. The third-order valence-electron chi connectivity index (χ3n) is 2.84. The van der Waals surface area contributed by atoms with Crippen LogP contribution >= 0.6 is 0 Å². The van der Waals surface area contributed by atoms with E-state index in [4.69, 9.17) is 0 Å².